The van der Waals surface area contributed by atoms with Crippen LogP contribution in [0.15, 0.2) is 16.7 Å². The first-order valence-corrected chi connectivity index (χ1v) is 2.72. The van der Waals surface area contributed by atoms with Crippen LogP contribution in [0, 0.1) is 0 Å². The summed E-state index contributed by atoms with van der Waals surface area (Å²) in [5, 5.41) is 0. The molecule has 0 unspecified atom stereocenters. The molecule has 3 heteroatoms. The topological polar surface area (TPSA) is 42.4 Å². The van der Waals surface area contributed by atoms with Crippen molar-refractivity contribution < 1.29 is 4.42 Å². The van der Waals surface area contributed by atoms with E-state index in [1.54, 1.807) is 6.26 Å². The number of anilines is 2. The fourth-order valence-electron chi connectivity index (χ4n) is 0.684. The molecule has 2 N–H and O–H groups in total. The van der Waals surface area contributed by atoms with E-state index in [4.69, 9.17) is 10.2 Å². The number of hydrogen-bond acceptors (Lipinski definition) is 3. The van der Waals surface area contributed by atoms with Gasteiger partial charge in [-0.3, -0.25) is 0 Å². The molecular formula is C6H10N2O. The number of hydrogen-bond donors (Lipinski definition) is 1. The average Bonchev–Trinajstić information content (AvgIpc) is 2.13. The average molecular weight is 126 g/mol. The maximum atomic E-state index is 5.43. The molecule has 0 aliphatic carbocycles. The van der Waals surface area contributed by atoms with Crippen LogP contribution in [-0.4, -0.2) is 14.1 Å². The Labute approximate surface area is 54.1 Å². The number of rotatable bonds is 1. The zero-order valence-electron chi connectivity index (χ0n) is 5.59. The third-order valence-corrected chi connectivity index (χ3v) is 1.16. The van der Waals surface area contributed by atoms with Crippen molar-refractivity contribution in [1.29, 1.82) is 0 Å². The van der Waals surface area contributed by atoms with Gasteiger partial charge in [0, 0.05) is 20.2 Å². The highest BCUT2D eigenvalue weighted by Gasteiger charge is 2.01. The summed E-state index contributed by atoms with van der Waals surface area (Å²) in [6, 6.07) is 1.83. The van der Waals surface area contributed by atoms with Crippen molar-refractivity contribution in [3.05, 3.63) is 12.3 Å². The van der Waals surface area contributed by atoms with Crippen molar-refractivity contribution in [2.24, 2.45) is 0 Å². The molecule has 1 aromatic heterocycles. The van der Waals surface area contributed by atoms with Gasteiger partial charge in [-0.2, -0.15) is 0 Å². The number of nitrogen functional groups attached to an aromatic ring is 1. The highest BCUT2D eigenvalue weighted by atomic mass is 16.3. The minimum absolute atomic E-state index is 0.472. The van der Waals surface area contributed by atoms with E-state index in [0.29, 0.717) is 5.88 Å². The number of nitrogens with two attached hydrogens (primary N) is 1. The van der Waals surface area contributed by atoms with Crippen molar-refractivity contribution in [2.45, 2.75) is 0 Å². The summed E-state index contributed by atoms with van der Waals surface area (Å²) in [4.78, 5) is 1.90. The first kappa shape index (κ1) is 6.01. The Hall–Kier alpha value is -1.12. The molecule has 9 heavy (non-hydrogen) atoms. The first-order valence-electron chi connectivity index (χ1n) is 2.72. The van der Waals surface area contributed by atoms with Crippen LogP contribution >= 0.6 is 0 Å². The van der Waals surface area contributed by atoms with Crippen molar-refractivity contribution in [3.8, 4) is 0 Å². The molecular weight excluding hydrogens is 116 g/mol. The SMILES string of the molecule is CN(C)c1ccoc1N. The molecule has 1 rings (SSSR count). The van der Waals surface area contributed by atoms with E-state index in [9.17, 15) is 0 Å². The van der Waals surface area contributed by atoms with Gasteiger partial charge in [-0.15, -0.1) is 0 Å². The Kier molecular flexibility index (Phi) is 1.34. The van der Waals surface area contributed by atoms with E-state index in [-0.39, 0.29) is 0 Å². The lowest BCUT2D eigenvalue weighted by Gasteiger charge is -2.08. The van der Waals surface area contributed by atoms with Crippen molar-refractivity contribution >= 4 is 11.6 Å². The predicted molar refractivity (Wildman–Crippen MR) is 37.4 cm³/mol. The molecule has 0 amide bonds. The van der Waals surface area contributed by atoms with Gasteiger partial charge in [-0.05, 0) is 0 Å². The fraction of sp³-hybridized carbons (Fsp3) is 0.333. The van der Waals surface area contributed by atoms with Crippen LogP contribution in [0.5, 0.6) is 0 Å². The highest BCUT2D eigenvalue weighted by Crippen LogP contribution is 2.20. The normalized spacial score (nSPS) is 9.56. The monoisotopic (exact) mass is 126 g/mol. The Morgan fingerprint density at radius 1 is 1.56 bits per heavy atom. The summed E-state index contributed by atoms with van der Waals surface area (Å²) >= 11 is 0. The number of furan rings is 1. The molecule has 0 saturated carbocycles. The van der Waals surface area contributed by atoms with Gasteiger partial charge in [-0.1, -0.05) is 0 Å². The lowest BCUT2D eigenvalue weighted by molar-refractivity contribution is 0.587. The van der Waals surface area contributed by atoms with Crippen LogP contribution in [-0.2, 0) is 0 Å². The predicted octanol–water partition coefficient (Wildman–Crippen LogP) is 0.928. The second-order valence-corrected chi connectivity index (χ2v) is 2.06. The van der Waals surface area contributed by atoms with E-state index in [1.807, 2.05) is 25.1 Å². The maximum Gasteiger partial charge on any atom is 0.213 e. The zero-order chi connectivity index (χ0) is 6.85. The molecule has 0 radical (unpaired) electrons. The fourth-order valence-corrected chi connectivity index (χ4v) is 0.684. The van der Waals surface area contributed by atoms with Gasteiger partial charge in [0.05, 0.1) is 6.26 Å². The molecule has 1 heterocycles. The van der Waals surface area contributed by atoms with Gasteiger partial charge in [0.15, 0.2) is 0 Å². The molecule has 0 aromatic carbocycles. The van der Waals surface area contributed by atoms with E-state index in [1.165, 1.54) is 0 Å². The molecule has 0 saturated heterocycles. The molecule has 1 aromatic rings. The molecule has 0 fully saturated rings. The summed E-state index contributed by atoms with van der Waals surface area (Å²) in [5.41, 5.74) is 6.36. The molecule has 0 aliphatic heterocycles. The van der Waals surface area contributed by atoms with Gasteiger partial charge in [0.2, 0.25) is 5.88 Å². The number of nitrogens with zero attached hydrogens (tertiary/aromatic N) is 1. The molecule has 0 atom stereocenters. The second-order valence-electron chi connectivity index (χ2n) is 2.06. The highest BCUT2D eigenvalue weighted by molar-refractivity contribution is 5.60. The lowest BCUT2D eigenvalue weighted by Crippen LogP contribution is -2.08. The van der Waals surface area contributed by atoms with E-state index < -0.39 is 0 Å². The summed E-state index contributed by atoms with van der Waals surface area (Å²) in [5.74, 6) is 0.472. The minimum atomic E-state index is 0.472. The van der Waals surface area contributed by atoms with Crippen LogP contribution in [0.4, 0.5) is 11.6 Å². The zero-order valence-corrected chi connectivity index (χ0v) is 5.59. The van der Waals surface area contributed by atoms with Gasteiger partial charge in [0.1, 0.15) is 5.69 Å². The quantitative estimate of drug-likeness (QED) is 0.608. The standard InChI is InChI=1S/C6H10N2O/c1-8(2)5-3-4-9-6(5)7/h3-4H,7H2,1-2H3. The van der Waals surface area contributed by atoms with Crippen LogP contribution in [0.2, 0.25) is 0 Å². The van der Waals surface area contributed by atoms with Crippen molar-refractivity contribution in [2.75, 3.05) is 24.7 Å². The molecule has 0 spiro atoms. The van der Waals surface area contributed by atoms with Crippen LogP contribution in [0.1, 0.15) is 0 Å². The summed E-state index contributed by atoms with van der Waals surface area (Å²) in [6.45, 7) is 0. The van der Waals surface area contributed by atoms with Gasteiger partial charge in [0.25, 0.3) is 0 Å². The third-order valence-electron chi connectivity index (χ3n) is 1.16. The lowest BCUT2D eigenvalue weighted by atomic mass is 10.5. The summed E-state index contributed by atoms with van der Waals surface area (Å²) in [7, 11) is 3.84. The summed E-state index contributed by atoms with van der Waals surface area (Å²) in [6.07, 6.45) is 1.57. The van der Waals surface area contributed by atoms with Crippen LogP contribution < -0.4 is 10.6 Å². The molecule has 0 bridgehead atoms. The van der Waals surface area contributed by atoms with E-state index in [0.717, 1.165) is 5.69 Å². The Bertz CT molecular complexity index is 193. The van der Waals surface area contributed by atoms with E-state index in [2.05, 4.69) is 0 Å². The van der Waals surface area contributed by atoms with Crippen molar-refractivity contribution in [1.82, 2.24) is 0 Å². The first-order chi connectivity index (χ1) is 4.22. The largest absolute Gasteiger partial charge is 0.447 e. The Morgan fingerprint density at radius 2 is 2.22 bits per heavy atom. The maximum absolute atomic E-state index is 5.43. The third kappa shape index (κ3) is 0.988. The second kappa shape index (κ2) is 2.01. The van der Waals surface area contributed by atoms with E-state index >= 15 is 0 Å². The Balaban J connectivity index is 2.94. The van der Waals surface area contributed by atoms with Gasteiger partial charge in [-0.25, -0.2) is 0 Å². The molecule has 3 nitrogen and oxygen atoms in total. The smallest absolute Gasteiger partial charge is 0.213 e. The van der Waals surface area contributed by atoms with Gasteiger partial charge < -0.3 is 15.1 Å². The summed E-state index contributed by atoms with van der Waals surface area (Å²) < 4.78 is 4.86. The van der Waals surface area contributed by atoms with Gasteiger partial charge >= 0.3 is 0 Å². The Morgan fingerprint density at radius 3 is 2.44 bits per heavy atom. The molecule has 50 valence electrons. The van der Waals surface area contributed by atoms with Crippen LogP contribution in [0.3, 0.4) is 0 Å². The molecule has 0 aliphatic rings. The minimum Gasteiger partial charge on any atom is -0.447 e. The van der Waals surface area contributed by atoms with Crippen LogP contribution in [0.25, 0.3) is 0 Å². The van der Waals surface area contributed by atoms with Crippen molar-refractivity contribution in [3.63, 3.8) is 0 Å².